The van der Waals surface area contributed by atoms with E-state index in [1.54, 1.807) is 60.9 Å². The second-order valence-corrected chi connectivity index (χ2v) is 16.8. The maximum Gasteiger partial charge on any atom is 2.00 e. The summed E-state index contributed by atoms with van der Waals surface area (Å²) < 4.78 is 113. The van der Waals surface area contributed by atoms with Gasteiger partial charge in [-0.05, 0) is 129 Å². The third-order valence-electron chi connectivity index (χ3n) is 10.2. The van der Waals surface area contributed by atoms with Gasteiger partial charge in [0.05, 0.1) is 49.5 Å². The molecule has 73 heavy (non-hydrogen) atoms. The molecule has 0 aliphatic carbocycles. The van der Waals surface area contributed by atoms with Crippen LogP contribution in [0.15, 0.2) is 97.6 Å². The van der Waals surface area contributed by atoms with Crippen molar-refractivity contribution in [2.75, 3.05) is 26.4 Å². The zero-order valence-electron chi connectivity index (χ0n) is 41.0. The largest absolute Gasteiger partial charge is 2.00 e. The number of ether oxygens (including phenoxy) is 6. The second kappa shape index (κ2) is 26.6. The number of alkyl halides is 6. The molecule has 0 atom stereocenters. The monoisotopic (exact) mass is 1050 g/mol. The fourth-order valence-corrected chi connectivity index (χ4v) is 6.40. The van der Waals surface area contributed by atoms with Crippen molar-refractivity contribution in [1.29, 1.82) is 0 Å². The van der Waals surface area contributed by atoms with Crippen LogP contribution in [-0.4, -0.2) is 117 Å². The van der Waals surface area contributed by atoms with Gasteiger partial charge in [-0.3, -0.25) is 0 Å². The number of nitrogens with zero attached hydrogens (tertiary/aromatic N) is 6. The molecular formula is C50H54CaF6N6O10. The molecule has 23 heteroatoms. The molecule has 0 spiro atoms. The van der Waals surface area contributed by atoms with Gasteiger partial charge in [0.25, 0.3) is 0 Å². The number of carbonyl (C=O) groups is 2. The summed E-state index contributed by atoms with van der Waals surface area (Å²) in [6.07, 6.45) is 0.117. The Bertz CT molecular complexity index is 2510. The topological polar surface area (TPSA) is 197 Å². The fourth-order valence-electron chi connectivity index (χ4n) is 6.40. The number of aryl methyl sites for hydroxylation is 2. The molecule has 0 N–H and O–H groups in total. The van der Waals surface area contributed by atoms with Crippen molar-refractivity contribution in [3.63, 3.8) is 0 Å². The molecule has 4 aromatic heterocycles. The van der Waals surface area contributed by atoms with E-state index in [0.29, 0.717) is 86.9 Å². The molecule has 0 unspecified atom stereocenters. The van der Waals surface area contributed by atoms with E-state index in [-0.39, 0.29) is 49.4 Å². The van der Waals surface area contributed by atoms with E-state index in [0.717, 1.165) is 48.5 Å². The smallest absolute Gasteiger partial charge is 0.546 e. The molecule has 0 saturated carbocycles. The summed E-state index contributed by atoms with van der Waals surface area (Å²) in [4.78, 5) is 30.0. The Morgan fingerprint density at radius 2 is 0.918 bits per heavy atom. The van der Waals surface area contributed by atoms with Crippen LogP contribution in [0.25, 0.3) is 11.6 Å². The molecule has 0 amide bonds. The van der Waals surface area contributed by atoms with Gasteiger partial charge in [-0.25, -0.2) is 19.3 Å². The summed E-state index contributed by atoms with van der Waals surface area (Å²) in [6.45, 7) is 10.9. The van der Waals surface area contributed by atoms with E-state index in [1.165, 1.54) is 49.2 Å². The van der Waals surface area contributed by atoms with Gasteiger partial charge in [-0.15, -0.1) is 10.2 Å². The molecule has 0 bridgehead atoms. The quantitative estimate of drug-likeness (QED) is 0.0326. The van der Waals surface area contributed by atoms with Crippen molar-refractivity contribution < 1.29 is 74.6 Å². The van der Waals surface area contributed by atoms with E-state index in [2.05, 4.69) is 20.2 Å². The van der Waals surface area contributed by atoms with Gasteiger partial charge in [0.15, 0.2) is 11.6 Å². The molecule has 6 rings (SSSR count). The SMILES string of the molecule is CCOc1nn(-c2ccc(C(F)(F)F)cn2)cc1CCCCOc1cccc(OC(C)(C)C(=O)[O-])c1.CCOc1nn(-c2ccc(C(F)(F)F)cn2)cc1CCCCOc1cccc(OC(C)(C)C(=O)[O-])c1.[Ca+2]. The van der Waals surface area contributed by atoms with E-state index in [9.17, 15) is 46.1 Å². The van der Waals surface area contributed by atoms with E-state index < -0.39 is 46.6 Å². The van der Waals surface area contributed by atoms with Crippen LogP contribution in [0.4, 0.5) is 26.3 Å². The Morgan fingerprint density at radius 1 is 0.548 bits per heavy atom. The first-order valence-electron chi connectivity index (χ1n) is 22.8. The van der Waals surface area contributed by atoms with E-state index >= 15 is 0 Å². The van der Waals surface area contributed by atoms with Gasteiger partial charge in [0.2, 0.25) is 11.8 Å². The van der Waals surface area contributed by atoms with Crippen molar-refractivity contribution in [1.82, 2.24) is 29.5 Å². The standard InChI is InChI=1S/2C25H28F3N3O5.Ca/c2*1-4-34-22-17(16-31(30-22)21-12-11-18(15-29-21)25(26,27)28)8-5-6-13-35-19-9-7-10-20(14-19)36-24(2,3)23(32)33;/h2*7,9-12,14-16H,4-6,8,13H2,1-3H3,(H,32,33);/q;;+2/p-2. The van der Waals surface area contributed by atoms with Crippen molar-refractivity contribution in [3.05, 3.63) is 120 Å². The Balaban J connectivity index is 0.000000312. The number of aromatic nitrogens is 6. The van der Waals surface area contributed by atoms with Crippen molar-refractivity contribution in [3.8, 4) is 46.4 Å². The number of aliphatic carboxylic acids is 2. The summed E-state index contributed by atoms with van der Waals surface area (Å²) in [5.41, 5.74) is -3.00. The number of benzene rings is 2. The minimum absolute atomic E-state index is 0. The number of halogens is 6. The molecule has 0 aliphatic rings. The summed E-state index contributed by atoms with van der Waals surface area (Å²) in [5.74, 6) is 0.455. The van der Waals surface area contributed by atoms with E-state index in [4.69, 9.17) is 28.4 Å². The molecule has 2 aromatic carbocycles. The van der Waals surface area contributed by atoms with Crippen molar-refractivity contribution in [2.24, 2.45) is 0 Å². The summed E-state index contributed by atoms with van der Waals surface area (Å²) in [5, 5.41) is 30.9. The molecule has 4 heterocycles. The number of carboxylic acids is 2. The number of hydrogen-bond acceptors (Lipinski definition) is 14. The average Bonchev–Trinajstić information content (AvgIpc) is 3.92. The number of carboxylic acid groups (broad SMARTS) is 2. The van der Waals surface area contributed by atoms with Crippen LogP contribution in [0.2, 0.25) is 0 Å². The Hall–Kier alpha value is -6.26. The van der Waals surface area contributed by atoms with Gasteiger partial charge >= 0.3 is 50.1 Å². The summed E-state index contributed by atoms with van der Waals surface area (Å²) in [6, 6.07) is 17.8. The fraction of sp³-hybridized carbons (Fsp3) is 0.400. The van der Waals surface area contributed by atoms with Crippen LogP contribution in [0, 0.1) is 0 Å². The predicted octanol–water partition coefficient (Wildman–Crippen LogP) is 7.61. The molecule has 388 valence electrons. The minimum Gasteiger partial charge on any atom is -0.546 e. The van der Waals surface area contributed by atoms with Gasteiger partial charge in [0.1, 0.15) is 34.2 Å². The third-order valence-corrected chi connectivity index (χ3v) is 10.2. The van der Waals surface area contributed by atoms with Crippen molar-refractivity contribution >= 4 is 49.7 Å². The summed E-state index contributed by atoms with van der Waals surface area (Å²) in [7, 11) is 0. The molecule has 0 saturated heterocycles. The maximum absolute atomic E-state index is 12.8. The maximum atomic E-state index is 12.8. The van der Waals surface area contributed by atoms with Gasteiger partial charge in [-0.2, -0.15) is 26.3 Å². The predicted molar refractivity (Wildman–Crippen MR) is 250 cm³/mol. The van der Waals surface area contributed by atoms with Crippen LogP contribution < -0.4 is 38.6 Å². The Morgan fingerprint density at radius 3 is 1.23 bits per heavy atom. The van der Waals surface area contributed by atoms with Crippen LogP contribution >= 0.6 is 0 Å². The first-order chi connectivity index (χ1) is 34.0. The second-order valence-electron chi connectivity index (χ2n) is 16.8. The number of hydrogen-bond donors (Lipinski definition) is 0. The van der Waals surface area contributed by atoms with Crippen LogP contribution in [-0.2, 0) is 34.8 Å². The molecule has 0 fully saturated rings. The Labute approximate surface area is 447 Å². The molecule has 6 aromatic rings. The van der Waals surface area contributed by atoms with Gasteiger partial charge in [-0.1, -0.05) is 12.1 Å². The van der Waals surface area contributed by atoms with Crippen LogP contribution in [0.3, 0.4) is 0 Å². The molecule has 16 nitrogen and oxygen atoms in total. The van der Waals surface area contributed by atoms with Gasteiger partial charge in [0, 0.05) is 48.0 Å². The van der Waals surface area contributed by atoms with Crippen LogP contribution in [0.1, 0.15) is 89.5 Å². The first kappa shape index (κ1) is 59.3. The first-order valence-corrected chi connectivity index (χ1v) is 22.8. The van der Waals surface area contributed by atoms with E-state index in [1.807, 2.05) is 13.8 Å². The summed E-state index contributed by atoms with van der Waals surface area (Å²) >= 11 is 0. The van der Waals surface area contributed by atoms with Crippen molar-refractivity contribution in [2.45, 2.75) is 104 Å². The minimum atomic E-state index is -4.46. The number of rotatable bonds is 24. The number of unbranched alkanes of at least 4 members (excludes halogenated alkanes) is 2. The van der Waals surface area contributed by atoms with Crippen LogP contribution in [0.5, 0.6) is 34.8 Å². The third kappa shape index (κ3) is 18.0. The van der Waals surface area contributed by atoms with Gasteiger partial charge < -0.3 is 48.2 Å². The normalized spacial score (nSPS) is 11.7. The number of pyridine rings is 2. The Kier molecular flexibility index (Phi) is 21.6. The average molecular weight is 1050 g/mol. The zero-order chi connectivity index (χ0) is 52.7. The molecule has 0 radical (unpaired) electrons. The molecular weight excluding hydrogens is 999 g/mol. The number of carbonyl (C=O) groups excluding carboxylic acids is 2. The molecule has 0 aliphatic heterocycles. The zero-order valence-corrected chi connectivity index (χ0v) is 43.3.